The van der Waals surface area contributed by atoms with Crippen LogP contribution in [0.15, 0.2) is 48.7 Å². The van der Waals surface area contributed by atoms with Crippen LogP contribution < -0.4 is 20.7 Å². The lowest BCUT2D eigenvalue weighted by Gasteiger charge is -2.26. The first-order valence-electron chi connectivity index (χ1n) is 16.7. The first kappa shape index (κ1) is 35.0. The number of aromatic nitrogens is 7. The highest BCUT2D eigenvalue weighted by Crippen LogP contribution is 2.41. The third-order valence-corrected chi connectivity index (χ3v) is 10.1. The number of pyridine rings is 1. The molecule has 2 aromatic carbocycles. The fraction of sp³-hybridized carbons (Fsp3) is 0.314. The zero-order valence-corrected chi connectivity index (χ0v) is 29.9. The van der Waals surface area contributed by atoms with E-state index in [4.69, 9.17) is 27.9 Å². The van der Waals surface area contributed by atoms with E-state index in [1.165, 1.54) is 0 Å². The molecule has 0 saturated carbocycles. The van der Waals surface area contributed by atoms with Crippen LogP contribution in [0.4, 0.5) is 5.69 Å². The number of nitrogens with one attached hydrogen (secondary N) is 4. The molecular weight excluding hydrogens is 709 g/mol. The molecule has 17 heteroatoms. The van der Waals surface area contributed by atoms with Crippen LogP contribution in [0.5, 0.6) is 5.75 Å². The molecule has 15 nitrogen and oxygen atoms in total. The molecule has 4 N–H and O–H groups in total. The Morgan fingerprint density at radius 2 is 1.94 bits per heavy atom. The van der Waals surface area contributed by atoms with Crippen LogP contribution in [0.2, 0.25) is 10.0 Å². The second-order valence-corrected chi connectivity index (χ2v) is 13.3. The van der Waals surface area contributed by atoms with Gasteiger partial charge < -0.3 is 30.2 Å². The maximum absolute atomic E-state index is 13.6. The molecular formula is C35H35Cl2N11O4. The molecule has 7 rings (SSSR count). The van der Waals surface area contributed by atoms with E-state index < -0.39 is 5.91 Å². The quantitative estimate of drug-likeness (QED) is 0.155. The number of halogens is 2. The number of benzene rings is 2. The molecule has 5 heterocycles. The lowest BCUT2D eigenvalue weighted by Crippen LogP contribution is -2.37. The molecule has 1 atom stereocenters. The van der Waals surface area contributed by atoms with E-state index in [1.54, 1.807) is 48.0 Å². The molecule has 0 spiro atoms. The van der Waals surface area contributed by atoms with E-state index in [2.05, 4.69) is 46.5 Å². The van der Waals surface area contributed by atoms with Gasteiger partial charge in [-0.05, 0) is 35.0 Å². The number of rotatable bonds is 11. The van der Waals surface area contributed by atoms with Gasteiger partial charge in [0.25, 0.3) is 5.91 Å². The summed E-state index contributed by atoms with van der Waals surface area (Å²) >= 11 is 13.9. The Balaban J connectivity index is 1.06. The van der Waals surface area contributed by atoms with Crippen molar-refractivity contribution in [1.82, 2.24) is 50.7 Å². The number of fused-ring (bicyclic) bond motifs is 1. The summed E-state index contributed by atoms with van der Waals surface area (Å²) in [6, 6.07) is 13.0. The number of carbonyl (C=O) groups is 3. The van der Waals surface area contributed by atoms with Crippen LogP contribution in [-0.2, 0) is 42.6 Å². The number of anilines is 1. The maximum atomic E-state index is 13.6. The molecule has 5 aromatic rings. The largest absolute Gasteiger partial charge is 0.496 e. The number of hydrogen-bond donors (Lipinski definition) is 4. The van der Waals surface area contributed by atoms with Gasteiger partial charge >= 0.3 is 0 Å². The number of H-pyrrole nitrogens is 1. The van der Waals surface area contributed by atoms with Crippen molar-refractivity contribution in [2.75, 3.05) is 25.5 Å². The van der Waals surface area contributed by atoms with E-state index in [0.717, 1.165) is 23.2 Å². The summed E-state index contributed by atoms with van der Waals surface area (Å²) in [5, 5.41) is 23.4. The molecule has 3 amide bonds. The molecule has 1 saturated heterocycles. The van der Waals surface area contributed by atoms with Crippen molar-refractivity contribution in [1.29, 1.82) is 0 Å². The van der Waals surface area contributed by atoms with E-state index in [1.807, 2.05) is 24.3 Å². The minimum absolute atomic E-state index is 0.0443. The summed E-state index contributed by atoms with van der Waals surface area (Å²) in [4.78, 5) is 48.8. The highest BCUT2D eigenvalue weighted by molar-refractivity contribution is 6.39. The number of aromatic amines is 1. The molecule has 0 unspecified atom stereocenters. The van der Waals surface area contributed by atoms with Crippen LogP contribution >= 0.6 is 23.2 Å². The third kappa shape index (κ3) is 7.20. The van der Waals surface area contributed by atoms with Crippen molar-refractivity contribution in [2.45, 2.75) is 44.8 Å². The van der Waals surface area contributed by atoms with Crippen molar-refractivity contribution >= 4 is 46.6 Å². The molecule has 2 aliphatic heterocycles. The Bertz CT molecular complexity index is 2150. The predicted molar refractivity (Wildman–Crippen MR) is 193 cm³/mol. The lowest BCUT2D eigenvalue weighted by atomic mass is 10.0. The fourth-order valence-electron chi connectivity index (χ4n) is 6.57. The number of nitrogens with zero attached hydrogens (tertiary/aromatic N) is 7. The number of carbonyl (C=O) groups excluding carboxylic acids is 3. The van der Waals surface area contributed by atoms with Gasteiger partial charge in [0, 0.05) is 79.7 Å². The average Bonchev–Trinajstić information content (AvgIpc) is 3.90. The molecule has 0 radical (unpaired) electrons. The monoisotopic (exact) mass is 743 g/mol. The van der Waals surface area contributed by atoms with Gasteiger partial charge in [-0.15, -0.1) is 5.10 Å². The Hall–Kier alpha value is -5.38. The zero-order valence-electron chi connectivity index (χ0n) is 28.4. The number of hydrogen-bond acceptors (Lipinski definition) is 10. The van der Waals surface area contributed by atoms with Gasteiger partial charge in [-0.3, -0.25) is 19.4 Å². The summed E-state index contributed by atoms with van der Waals surface area (Å²) < 4.78 is 7.46. The summed E-state index contributed by atoms with van der Waals surface area (Å²) in [6.07, 6.45) is 3.62. The van der Waals surface area contributed by atoms with Gasteiger partial charge in [0.15, 0.2) is 11.6 Å². The van der Waals surface area contributed by atoms with Crippen LogP contribution in [0.3, 0.4) is 0 Å². The van der Waals surface area contributed by atoms with Crippen molar-refractivity contribution in [3.05, 3.63) is 87.3 Å². The van der Waals surface area contributed by atoms with Crippen molar-refractivity contribution in [3.8, 4) is 28.1 Å². The van der Waals surface area contributed by atoms with Gasteiger partial charge in [-0.2, -0.15) is 0 Å². The molecule has 3 aromatic heterocycles. The number of imidazole rings is 1. The first-order valence-corrected chi connectivity index (χ1v) is 17.4. The third-order valence-electron chi connectivity index (χ3n) is 9.30. The molecule has 0 aliphatic carbocycles. The molecule has 52 heavy (non-hydrogen) atoms. The summed E-state index contributed by atoms with van der Waals surface area (Å²) in [5.74, 6) is 0.751. The van der Waals surface area contributed by atoms with E-state index >= 15 is 0 Å². The van der Waals surface area contributed by atoms with Crippen molar-refractivity contribution < 1.29 is 19.1 Å². The van der Waals surface area contributed by atoms with Crippen molar-refractivity contribution in [2.24, 2.45) is 7.05 Å². The number of ether oxygens (including phenoxy) is 1. The molecule has 2 aliphatic rings. The van der Waals surface area contributed by atoms with E-state index in [9.17, 15) is 14.4 Å². The summed E-state index contributed by atoms with van der Waals surface area (Å²) in [7, 11) is 3.39. The highest BCUT2D eigenvalue weighted by Gasteiger charge is 2.29. The fourth-order valence-corrected chi connectivity index (χ4v) is 7.17. The number of tetrazole rings is 1. The van der Waals surface area contributed by atoms with Gasteiger partial charge in [0.05, 0.1) is 47.2 Å². The second kappa shape index (κ2) is 15.1. The van der Waals surface area contributed by atoms with E-state index in [0.29, 0.717) is 82.3 Å². The van der Waals surface area contributed by atoms with Crippen molar-refractivity contribution in [3.63, 3.8) is 0 Å². The summed E-state index contributed by atoms with van der Waals surface area (Å²) in [5.41, 5.74) is 5.40. The molecule has 1 fully saturated rings. The highest BCUT2D eigenvalue weighted by atomic mass is 35.5. The van der Waals surface area contributed by atoms with Gasteiger partial charge in [-0.1, -0.05) is 47.5 Å². The smallest absolute Gasteiger partial charge is 0.291 e. The lowest BCUT2D eigenvalue weighted by molar-refractivity contribution is -0.131. The van der Waals surface area contributed by atoms with Crippen LogP contribution in [0.25, 0.3) is 22.4 Å². The van der Waals surface area contributed by atoms with Crippen LogP contribution in [0.1, 0.15) is 46.2 Å². The minimum Gasteiger partial charge on any atom is -0.496 e. The van der Waals surface area contributed by atoms with Gasteiger partial charge in [-0.25, -0.2) is 10.1 Å². The van der Waals surface area contributed by atoms with E-state index in [-0.39, 0.29) is 36.6 Å². The van der Waals surface area contributed by atoms with Gasteiger partial charge in [0.2, 0.25) is 11.8 Å². The summed E-state index contributed by atoms with van der Waals surface area (Å²) in [6.45, 7) is 1.98. The van der Waals surface area contributed by atoms with Crippen LogP contribution in [0, 0.1) is 0 Å². The minimum atomic E-state index is -0.447. The Morgan fingerprint density at radius 3 is 2.71 bits per heavy atom. The molecule has 0 bridgehead atoms. The Morgan fingerprint density at radius 1 is 1.10 bits per heavy atom. The SMILES string of the molecule is COc1cc(-c2nccc(-c3cccc(NC(=O)c4nc5c(n4C)CCN(C(=O)Cc4nnn[nH]4)C5)c3Cl)c2Cl)ccc1CNC[C@@H]1CCC(=O)N1. The van der Waals surface area contributed by atoms with Crippen LogP contribution in [-0.4, -0.2) is 84.0 Å². The Labute approximate surface area is 308 Å². The number of methoxy groups -OCH3 is 1. The topological polar surface area (TPSA) is 185 Å². The number of amides is 3. The zero-order chi connectivity index (χ0) is 36.4. The van der Waals surface area contributed by atoms with Gasteiger partial charge in [0.1, 0.15) is 5.75 Å². The maximum Gasteiger partial charge on any atom is 0.291 e. The second-order valence-electron chi connectivity index (χ2n) is 12.6. The molecule has 268 valence electrons. The Kier molecular flexibility index (Phi) is 10.2. The predicted octanol–water partition coefficient (Wildman–Crippen LogP) is 3.73. The average molecular weight is 745 g/mol. The standard InChI is InChI=1S/C35H35Cl2N11O4/c1-47-26-11-13-48(30(50)15-28-43-45-46-44-28)18-25(26)41-34(47)35(51)42-24-5-3-4-22(31(24)36)23-10-12-39-33(32(23)37)19-6-7-20(27(14-19)52-2)16-38-17-21-8-9-29(49)40-21/h3-7,10,12,14,21,38H,8-9,11,13,15-18H2,1-2H3,(H,40,49)(H,42,51)(H,43,44,45,46)/t21-/m0/s1. The normalized spacial score (nSPS) is 15.3. The first-order chi connectivity index (χ1) is 25.2.